The lowest BCUT2D eigenvalue weighted by Gasteiger charge is -2.25. The van der Waals surface area contributed by atoms with E-state index in [4.69, 9.17) is 5.10 Å². The number of amides is 2. The fourth-order valence-electron chi connectivity index (χ4n) is 4.86. The van der Waals surface area contributed by atoms with E-state index < -0.39 is 0 Å². The number of carbonyl (C=O) groups is 2. The highest BCUT2D eigenvalue weighted by molar-refractivity contribution is 8.00. The number of fused-ring (bicyclic) bond motifs is 1. The van der Waals surface area contributed by atoms with E-state index in [1.54, 1.807) is 11.0 Å². The van der Waals surface area contributed by atoms with E-state index in [9.17, 15) is 14.0 Å². The van der Waals surface area contributed by atoms with Crippen LogP contribution in [0.25, 0.3) is 5.69 Å². The molecule has 2 heterocycles. The number of aromatic nitrogens is 2. The maximum Gasteiger partial charge on any atom is 0.240 e. The summed E-state index contributed by atoms with van der Waals surface area (Å²) >= 11 is 1.46. The molecule has 37 heavy (non-hydrogen) atoms. The smallest absolute Gasteiger partial charge is 0.240 e. The zero-order valence-electron chi connectivity index (χ0n) is 22.0. The first-order chi connectivity index (χ1) is 17.5. The van der Waals surface area contributed by atoms with Crippen molar-refractivity contribution in [1.82, 2.24) is 15.1 Å². The van der Waals surface area contributed by atoms with Gasteiger partial charge in [0.2, 0.25) is 11.8 Å². The van der Waals surface area contributed by atoms with Gasteiger partial charge in [0.25, 0.3) is 0 Å². The highest BCUT2D eigenvalue weighted by Gasteiger charge is 2.40. The molecule has 2 aliphatic rings. The molecule has 8 heteroatoms. The number of aryl methyl sites for hydroxylation is 2. The molecule has 0 bridgehead atoms. The first-order valence-electron chi connectivity index (χ1n) is 12.7. The van der Waals surface area contributed by atoms with Crippen LogP contribution in [0.2, 0.25) is 0 Å². The predicted octanol–water partition coefficient (Wildman–Crippen LogP) is 5.37. The average Bonchev–Trinajstić information content (AvgIpc) is 3.56. The maximum atomic E-state index is 14.4. The van der Waals surface area contributed by atoms with Gasteiger partial charge in [0, 0.05) is 17.0 Å². The SMILES string of the molecule is Cc1ccc(-n2nc(C(C)(C)C)c3c2N(CC(=O)NC2CC2)C(=O)CS[C@H]3c2cccc(F)c2)c(C)c1. The third-order valence-corrected chi connectivity index (χ3v) is 8.03. The second-order valence-corrected chi connectivity index (χ2v) is 12.2. The third kappa shape index (κ3) is 5.17. The van der Waals surface area contributed by atoms with Gasteiger partial charge in [-0.2, -0.15) is 5.10 Å². The Bertz CT molecular complexity index is 1370. The van der Waals surface area contributed by atoms with Gasteiger partial charge < -0.3 is 5.32 Å². The average molecular weight is 521 g/mol. The van der Waals surface area contributed by atoms with E-state index in [1.807, 2.05) is 36.7 Å². The van der Waals surface area contributed by atoms with E-state index in [1.165, 1.54) is 23.9 Å². The highest BCUT2D eigenvalue weighted by atomic mass is 32.2. The Morgan fingerprint density at radius 1 is 1.16 bits per heavy atom. The fourth-order valence-corrected chi connectivity index (χ4v) is 6.05. The minimum atomic E-state index is -0.366. The zero-order chi connectivity index (χ0) is 26.5. The lowest BCUT2D eigenvalue weighted by Crippen LogP contribution is -2.43. The number of anilines is 1. The van der Waals surface area contributed by atoms with Crippen LogP contribution in [0.5, 0.6) is 0 Å². The summed E-state index contributed by atoms with van der Waals surface area (Å²) in [6.07, 6.45) is 1.94. The molecule has 0 spiro atoms. The topological polar surface area (TPSA) is 67.2 Å². The Morgan fingerprint density at radius 2 is 1.92 bits per heavy atom. The molecule has 3 aromatic rings. The van der Waals surface area contributed by atoms with Gasteiger partial charge in [-0.1, -0.05) is 50.6 Å². The van der Waals surface area contributed by atoms with E-state index in [-0.39, 0.29) is 46.6 Å². The van der Waals surface area contributed by atoms with Crippen LogP contribution >= 0.6 is 11.8 Å². The maximum absolute atomic E-state index is 14.4. The van der Waals surface area contributed by atoms with Crippen molar-refractivity contribution >= 4 is 29.4 Å². The Labute approximate surface area is 221 Å². The number of thioether (sulfide) groups is 1. The van der Waals surface area contributed by atoms with Crippen LogP contribution in [-0.4, -0.2) is 39.9 Å². The molecular formula is C29H33FN4O2S. The normalized spacial score (nSPS) is 17.9. The summed E-state index contributed by atoms with van der Waals surface area (Å²) in [5.41, 5.74) is 5.08. The van der Waals surface area contributed by atoms with Crippen LogP contribution in [0.4, 0.5) is 10.2 Å². The molecule has 5 rings (SSSR count). The molecule has 0 saturated heterocycles. The number of nitrogens with zero attached hydrogens (tertiary/aromatic N) is 3. The monoisotopic (exact) mass is 520 g/mol. The molecule has 1 aromatic heterocycles. The summed E-state index contributed by atoms with van der Waals surface area (Å²) in [6.45, 7) is 10.2. The summed E-state index contributed by atoms with van der Waals surface area (Å²) in [5.74, 6) is 0.0921. The van der Waals surface area contributed by atoms with Gasteiger partial charge in [-0.15, -0.1) is 11.8 Å². The molecule has 1 aliphatic heterocycles. The molecule has 6 nitrogen and oxygen atoms in total. The van der Waals surface area contributed by atoms with Gasteiger partial charge in [-0.05, 0) is 56.0 Å². The van der Waals surface area contributed by atoms with E-state index in [0.717, 1.165) is 46.5 Å². The largest absolute Gasteiger partial charge is 0.352 e. The van der Waals surface area contributed by atoms with Crippen LogP contribution in [0.15, 0.2) is 42.5 Å². The molecule has 0 unspecified atom stereocenters. The first-order valence-corrected chi connectivity index (χ1v) is 13.8. The molecule has 2 aromatic carbocycles. The second-order valence-electron chi connectivity index (χ2n) is 11.1. The molecular weight excluding hydrogens is 487 g/mol. The lowest BCUT2D eigenvalue weighted by molar-refractivity contribution is -0.123. The summed E-state index contributed by atoms with van der Waals surface area (Å²) < 4.78 is 16.2. The molecule has 1 atom stereocenters. The molecule has 0 radical (unpaired) electrons. The van der Waals surface area contributed by atoms with Crippen molar-refractivity contribution in [3.63, 3.8) is 0 Å². The summed E-state index contributed by atoms with van der Waals surface area (Å²) in [4.78, 5) is 28.2. The number of carbonyl (C=O) groups excluding carboxylic acids is 2. The van der Waals surface area contributed by atoms with Gasteiger partial charge >= 0.3 is 0 Å². The van der Waals surface area contributed by atoms with Crippen LogP contribution < -0.4 is 10.2 Å². The number of benzene rings is 2. The number of hydrogen-bond donors (Lipinski definition) is 1. The Kier molecular flexibility index (Phi) is 6.64. The van der Waals surface area contributed by atoms with Crippen LogP contribution in [0, 0.1) is 19.7 Å². The van der Waals surface area contributed by atoms with Gasteiger partial charge in [0.15, 0.2) is 0 Å². The Morgan fingerprint density at radius 3 is 2.57 bits per heavy atom. The third-order valence-electron chi connectivity index (χ3n) is 6.78. The van der Waals surface area contributed by atoms with Crippen LogP contribution in [0.3, 0.4) is 0 Å². The first kappa shape index (κ1) is 25.5. The summed E-state index contributed by atoms with van der Waals surface area (Å²) in [5, 5.41) is 7.81. The number of halogens is 1. The van der Waals surface area contributed by atoms with Crippen LogP contribution in [-0.2, 0) is 15.0 Å². The highest BCUT2D eigenvalue weighted by Crippen LogP contribution is 2.48. The minimum Gasteiger partial charge on any atom is -0.352 e. The zero-order valence-corrected chi connectivity index (χ0v) is 22.8. The standard InChI is InChI=1S/C29H33FN4O2S/c1-17-9-12-22(18(2)13-17)34-28-25(27(32-34)29(3,4)5)26(19-7-6-8-20(30)14-19)37-16-24(36)33(28)15-23(35)31-21-10-11-21/h6-9,12-14,21,26H,10-11,15-16H2,1-5H3,(H,31,35)/t26-/m0/s1. The van der Waals surface area contributed by atoms with Crippen LogP contribution in [0.1, 0.15) is 66.8 Å². The fraction of sp³-hybridized carbons (Fsp3) is 0.414. The van der Waals surface area contributed by atoms with E-state index in [0.29, 0.717) is 5.82 Å². The number of rotatable bonds is 5. The lowest BCUT2D eigenvalue weighted by atomic mass is 9.87. The number of nitrogens with one attached hydrogen (secondary N) is 1. The molecule has 1 saturated carbocycles. The Balaban J connectivity index is 1.77. The van der Waals surface area contributed by atoms with Crippen molar-refractivity contribution in [3.05, 3.63) is 76.2 Å². The van der Waals surface area contributed by atoms with Gasteiger partial charge in [-0.25, -0.2) is 9.07 Å². The van der Waals surface area contributed by atoms with E-state index in [2.05, 4.69) is 32.2 Å². The molecule has 1 fully saturated rings. The molecule has 2 amide bonds. The van der Waals surface area contributed by atoms with Crippen molar-refractivity contribution in [2.24, 2.45) is 0 Å². The second kappa shape index (κ2) is 9.63. The van der Waals surface area contributed by atoms with Crippen molar-refractivity contribution in [2.45, 2.75) is 64.2 Å². The molecule has 1 N–H and O–H groups in total. The molecule has 1 aliphatic carbocycles. The predicted molar refractivity (Wildman–Crippen MR) is 146 cm³/mol. The summed E-state index contributed by atoms with van der Waals surface area (Å²) in [7, 11) is 0. The quantitative estimate of drug-likeness (QED) is 0.491. The van der Waals surface area contributed by atoms with Crippen molar-refractivity contribution in [3.8, 4) is 5.69 Å². The number of hydrogen-bond acceptors (Lipinski definition) is 4. The Hall–Kier alpha value is -3.13. The van der Waals surface area contributed by atoms with Gasteiger partial charge in [0.05, 0.1) is 22.4 Å². The van der Waals surface area contributed by atoms with Gasteiger partial charge in [-0.3, -0.25) is 14.5 Å². The van der Waals surface area contributed by atoms with Crippen molar-refractivity contribution in [1.29, 1.82) is 0 Å². The van der Waals surface area contributed by atoms with Gasteiger partial charge in [0.1, 0.15) is 18.2 Å². The summed E-state index contributed by atoms with van der Waals surface area (Å²) in [6, 6.07) is 12.9. The van der Waals surface area contributed by atoms with Crippen molar-refractivity contribution < 1.29 is 14.0 Å². The minimum absolute atomic E-state index is 0.0844. The van der Waals surface area contributed by atoms with E-state index >= 15 is 0 Å². The molecule has 194 valence electrons. The van der Waals surface area contributed by atoms with Crippen molar-refractivity contribution in [2.75, 3.05) is 17.2 Å².